The number of carbonyl (C=O) groups excluding carboxylic acids is 1. The highest BCUT2D eigenvalue weighted by molar-refractivity contribution is 7.92. The molecule has 2 aromatic rings. The Morgan fingerprint density at radius 3 is 2.27 bits per heavy atom. The third kappa shape index (κ3) is 4.99. The van der Waals surface area contributed by atoms with Crippen LogP contribution in [0.3, 0.4) is 0 Å². The Morgan fingerprint density at radius 2 is 1.65 bits per heavy atom. The molecule has 2 N–H and O–H groups in total. The number of sulfonamides is 1. The smallest absolute Gasteiger partial charge is 0.253 e. The van der Waals surface area contributed by atoms with E-state index < -0.39 is 10.0 Å². The normalized spacial score (nSPS) is 12.5. The van der Waals surface area contributed by atoms with Crippen LogP contribution < -0.4 is 10.0 Å². The van der Waals surface area contributed by atoms with Gasteiger partial charge in [-0.3, -0.25) is 9.52 Å². The SMILES string of the molecule is Cc1cc(C)c([C@@H](C)NC(=O)c2cc(NS(C)(=O)=O)ccc2Cl)cc1C. The van der Waals surface area contributed by atoms with Gasteiger partial charge in [0.25, 0.3) is 5.91 Å². The van der Waals surface area contributed by atoms with Crippen molar-refractivity contribution in [3.63, 3.8) is 0 Å². The first-order valence-corrected chi connectivity index (χ1v) is 10.4. The monoisotopic (exact) mass is 394 g/mol. The highest BCUT2D eigenvalue weighted by Crippen LogP contribution is 2.25. The maximum Gasteiger partial charge on any atom is 0.253 e. The zero-order valence-electron chi connectivity index (χ0n) is 15.5. The summed E-state index contributed by atoms with van der Waals surface area (Å²) in [4.78, 5) is 12.7. The van der Waals surface area contributed by atoms with Crippen LogP contribution >= 0.6 is 11.6 Å². The Labute approximate surface area is 159 Å². The van der Waals surface area contributed by atoms with Crippen molar-refractivity contribution in [3.8, 4) is 0 Å². The van der Waals surface area contributed by atoms with Crippen LogP contribution in [-0.2, 0) is 10.0 Å². The molecule has 0 radical (unpaired) electrons. The van der Waals surface area contributed by atoms with Gasteiger partial charge in [0.05, 0.1) is 22.9 Å². The Bertz CT molecular complexity index is 955. The molecule has 0 saturated heterocycles. The fraction of sp³-hybridized carbons (Fsp3) is 0.316. The maximum atomic E-state index is 12.7. The van der Waals surface area contributed by atoms with Gasteiger partial charge < -0.3 is 5.32 Å². The molecule has 0 aliphatic carbocycles. The van der Waals surface area contributed by atoms with Crippen LogP contribution in [0.2, 0.25) is 5.02 Å². The first-order chi connectivity index (χ1) is 12.0. The summed E-state index contributed by atoms with van der Waals surface area (Å²) in [5.41, 5.74) is 4.99. The van der Waals surface area contributed by atoms with E-state index in [4.69, 9.17) is 11.6 Å². The molecule has 0 fully saturated rings. The van der Waals surface area contributed by atoms with Crippen molar-refractivity contribution in [1.29, 1.82) is 0 Å². The molecular weight excluding hydrogens is 372 g/mol. The quantitative estimate of drug-likeness (QED) is 0.800. The summed E-state index contributed by atoms with van der Waals surface area (Å²) in [6, 6.07) is 8.38. The van der Waals surface area contributed by atoms with Crippen molar-refractivity contribution in [2.24, 2.45) is 0 Å². The fourth-order valence-electron chi connectivity index (χ4n) is 2.78. The lowest BCUT2D eigenvalue weighted by molar-refractivity contribution is 0.0940. The Morgan fingerprint density at radius 1 is 1.04 bits per heavy atom. The molecule has 5 nitrogen and oxygen atoms in total. The van der Waals surface area contributed by atoms with Crippen molar-refractivity contribution in [3.05, 3.63) is 63.2 Å². The summed E-state index contributed by atoms with van der Waals surface area (Å²) in [7, 11) is -3.44. The van der Waals surface area contributed by atoms with E-state index in [1.807, 2.05) is 20.8 Å². The lowest BCUT2D eigenvalue weighted by atomic mass is 9.96. The van der Waals surface area contributed by atoms with Crippen LogP contribution in [0.25, 0.3) is 0 Å². The molecule has 0 spiro atoms. The first kappa shape index (κ1) is 20.3. The summed E-state index contributed by atoms with van der Waals surface area (Å²) in [5, 5.41) is 3.19. The third-order valence-corrected chi connectivity index (χ3v) is 5.15. The predicted molar refractivity (Wildman–Crippen MR) is 106 cm³/mol. The minimum absolute atomic E-state index is 0.216. The lowest BCUT2D eigenvalue weighted by Gasteiger charge is -2.19. The standard InChI is InChI=1S/C19H23ClN2O3S/c1-11-8-13(3)16(9-12(11)2)14(4)21-19(23)17-10-15(6-7-18(17)20)22-26(5,24)25/h6-10,14,22H,1-5H3,(H,21,23)/t14-/m1/s1. The van der Waals surface area contributed by atoms with Crippen molar-refractivity contribution >= 4 is 33.2 Å². The number of nitrogens with one attached hydrogen (secondary N) is 2. The second kappa shape index (κ2) is 7.68. The summed E-state index contributed by atoms with van der Waals surface area (Å²) >= 11 is 6.13. The molecule has 0 heterocycles. The van der Waals surface area contributed by atoms with Crippen molar-refractivity contribution in [2.45, 2.75) is 33.7 Å². The molecule has 2 rings (SSSR count). The topological polar surface area (TPSA) is 75.3 Å². The van der Waals surface area contributed by atoms with Crippen LogP contribution in [0.5, 0.6) is 0 Å². The molecule has 0 aliphatic heterocycles. The highest BCUT2D eigenvalue weighted by atomic mass is 35.5. The fourth-order valence-corrected chi connectivity index (χ4v) is 3.54. The second-order valence-corrected chi connectivity index (χ2v) is 8.71. The van der Waals surface area contributed by atoms with E-state index in [2.05, 4.69) is 29.1 Å². The van der Waals surface area contributed by atoms with Gasteiger partial charge in [0.2, 0.25) is 10.0 Å². The highest BCUT2D eigenvalue weighted by Gasteiger charge is 2.17. The maximum absolute atomic E-state index is 12.7. The molecule has 140 valence electrons. The molecular formula is C19H23ClN2O3S. The minimum Gasteiger partial charge on any atom is -0.345 e. The average molecular weight is 395 g/mol. The van der Waals surface area contributed by atoms with E-state index in [9.17, 15) is 13.2 Å². The number of amides is 1. The van der Waals surface area contributed by atoms with Crippen molar-refractivity contribution < 1.29 is 13.2 Å². The molecule has 2 aromatic carbocycles. The molecule has 1 amide bonds. The number of benzene rings is 2. The summed E-state index contributed by atoms with van der Waals surface area (Å²) in [6.07, 6.45) is 1.05. The van der Waals surface area contributed by atoms with Gasteiger partial charge in [-0.05, 0) is 68.1 Å². The minimum atomic E-state index is -3.44. The van der Waals surface area contributed by atoms with Gasteiger partial charge in [-0.1, -0.05) is 23.7 Å². The van der Waals surface area contributed by atoms with Gasteiger partial charge >= 0.3 is 0 Å². The number of anilines is 1. The molecule has 7 heteroatoms. The second-order valence-electron chi connectivity index (χ2n) is 6.56. The van der Waals surface area contributed by atoms with E-state index in [0.29, 0.717) is 0 Å². The lowest BCUT2D eigenvalue weighted by Crippen LogP contribution is -2.27. The van der Waals surface area contributed by atoms with Crippen molar-refractivity contribution in [2.75, 3.05) is 11.0 Å². The zero-order valence-corrected chi connectivity index (χ0v) is 17.0. The summed E-state index contributed by atoms with van der Waals surface area (Å²) in [5.74, 6) is -0.364. The van der Waals surface area contributed by atoms with Gasteiger partial charge in [-0.25, -0.2) is 8.42 Å². The van der Waals surface area contributed by atoms with Gasteiger partial charge in [0.15, 0.2) is 0 Å². The Kier molecular flexibility index (Phi) is 5.98. The molecule has 26 heavy (non-hydrogen) atoms. The predicted octanol–water partition coefficient (Wildman–Crippen LogP) is 4.13. The van der Waals surface area contributed by atoms with Gasteiger partial charge in [0, 0.05) is 5.69 Å². The number of hydrogen-bond acceptors (Lipinski definition) is 3. The number of halogens is 1. The van der Waals surface area contributed by atoms with Crippen LogP contribution in [-0.4, -0.2) is 20.6 Å². The number of carbonyl (C=O) groups is 1. The average Bonchev–Trinajstić information content (AvgIpc) is 2.51. The molecule has 0 aromatic heterocycles. The third-order valence-electron chi connectivity index (χ3n) is 4.21. The molecule has 0 aliphatic rings. The van der Waals surface area contributed by atoms with Gasteiger partial charge in [0.1, 0.15) is 0 Å². The number of rotatable bonds is 5. The summed E-state index contributed by atoms with van der Waals surface area (Å²) in [6.45, 7) is 8.00. The van der Waals surface area contributed by atoms with E-state index >= 15 is 0 Å². The molecule has 0 saturated carbocycles. The van der Waals surface area contributed by atoms with E-state index in [1.54, 1.807) is 0 Å². The molecule has 0 unspecified atom stereocenters. The molecule has 1 atom stereocenters. The van der Waals surface area contributed by atoms with E-state index in [1.165, 1.54) is 23.8 Å². The number of hydrogen-bond donors (Lipinski definition) is 2. The van der Waals surface area contributed by atoms with Gasteiger partial charge in [-0.2, -0.15) is 0 Å². The Balaban J connectivity index is 2.27. The summed E-state index contributed by atoms with van der Waals surface area (Å²) < 4.78 is 25.1. The Hall–Kier alpha value is -2.05. The molecule has 0 bridgehead atoms. The van der Waals surface area contributed by atoms with E-state index in [-0.39, 0.29) is 28.2 Å². The number of aryl methyl sites for hydroxylation is 3. The van der Waals surface area contributed by atoms with Crippen LogP contribution in [0, 0.1) is 20.8 Å². The van der Waals surface area contributed by atoms with E-state index in [0.717, 1.165) is 22.9 Å². The van der Waals surface area contributed by atoms with Gasteiger partial charge in [-0.15, -0.1) is 0 Å². The largest absolute Gasteiger partial charge is 0.345 e. The first-order valence-electron chi connectivity index (χ1n) is 8.14. The zero-order chi connectivity index (χ0) is 19.6. The van der Waals surface area contributed by atoms with Crippen molar-refractivity contribution in [1.82, 2.24) is 5.32 Å². The van der Waals surface area contributed by atoms with Crippen LogP contribution in [0.4, 0.5) is 5.69 Å². The van der Waals surface area contributed by atoms with Crippen LogP contribution in [0.1, 0.15) is 45.6 Å². The van der Waals surface area contributed by atoms with Crippen LogP contribution in [0.15, 0.2) is 30.3 Å².